The van der Waals surface area contributed by atoms with E-state index in [2.05, 4.69) is 33.4 Å². The molecule has 26 heavy (non-hydrogen) atoms. The van der Waals surface area contributed by atoms with Crippen LogP contribution in [0.1, 0.15) is 30.5 Å². The second-order valence-corrected chi connectivity index (χ2v) is 6.70. The maximum Gasteiger partial charge on any atom is 0.337 e. The average molecular weight is 349 g/mol. The molecular formula is C21H23N3O2. The van der Waals surface area contributed by atoms with Crippen LogP contribution in [-0.2, 0) is 16.1 Å². The predicted molar refractivity (Wildman–Crippen MR) is 101 cm³/mol. The van der Waals surface area contributed by atoms with E-state index in [-0.39, 0.29) is 17.9 Å². The van der Waals surface area contributed by atoms with Gasteiger partial charge in [-0.15, -0.1) is 0 Å². The third-order valence-electron chi connectivity index (χ3n) is 5.06. The minimum Gasteiger partial charge on any atom is -0.463 e. The van der Waals surface area contributed by atoms with Gasteiger partial charge in [0.25, 0.3) is 0 Å². The van der Waals surface area contributed by atoms with E-state index in [1.807, 2.05) is 37.4 Å². The van der Waals surface area contributed by atoms with Gasteiger partial charge in [-0.1, -0.05) is 24.3 Å². The summed E-state index contributed by atoms with van der Waals surface area (Å²) in [5.41, 5.74) is 4.09. The quantitative estimate of drug-likeness (QED) is 0.858. The molecule has 0 spiro atoms. The number of esters is 1. The Morgan fingerprint density at radius 2 is 2.12 bits per heavy atom. The summed E-state index contributed by atoms with van der Waals surface area (Å²) in [6, 6.07) is 14.2. The van der Waals surface area contributed by atoms with E-state index in [0.29, 0.717) is 18.7 Å². The molecule has 0 saturated carbocycles. The molecule has 1 N–H and O–H groups in total. The van der Waals surface area contributed by atoms with Gasteiger partial charge in [0.2, 0.25) is 0 Å². The van der Waals surface area contributed by atoms with Gasteiger partial charge in [-0.3, -0.25) is 4.98 Å². The summed E-state index contributed by atoms with van der Waals surface area (Å²) < 4.78 is 5.35. The van der Waals surface area contributed by atoms with E-state index in [4.69, 9.17) is 4.74 Å². The fraction of sp³-hybridized carbons (Fsp3) is 0.333. The van der Waals surface area contributed by atoms with E-state index < -0.39 is 0 Å². The van der Waals surface area contributed by atoms with Crippen LogP contribution in [0.4, 0.5) is 5.69 Å². The maximum absolute atomic E-state index is 12.7. The van der Waals surface area contributed by atoms with Crippen molar-refractivity contribution in [1.82, 2.24) is 9.88 Å². The molecule has 2 aliphatic rings. The summed E-state index contributed by atoms with van der Waals surface area (Å²) in [5.74, 6) is 0.0336. The summed E-state index contributed by atoms with van der Waals surface area (Å²) in [6.45, 7) is 3.78. The van der Waals surface area contributed by atoms with Crippen molar-refractivity contribution in [3.63, 3.8) is 0 Å². The van der Waals surface area contributed by atoms with E-state index >= 15 is 0 Å². The first kappa shape index (κ1) is 16.6. The molecule has 0 aliphatic carbocycles. The van der Waals surface area contributed by atoms with Gasteiger partial charge in [0.15, 0.2) is 0 Å². The van der Waals surface area contributed by atoms with E-state index in [1.165, 1.54) is 5.56 Å². The first-order valence-corrected chi connectivity index (χ1v) is 9.14. The number of carbonyl (C=O) groups excluding carboxylic acids is 1. The lowest BCUT2D eigenvalue weighted by Crippen LogP contribution is -2.28. The number of rotatable bonds is 4. The van der Waals surface area contributed by atoms with E-state index in [0.717, 1.165) is 24.3 Å². The van der Waals surface area contributed by atoms with Gasteiger partial charge in [0.05, 0.1) is 30.5 Å². The molecule has 1 aromatic heterocycles. The van der Waals surface area contributed by atoms with Crippen LogP contribution < -0.4 is 5.32 Å². The first-order chi connectivity index (χ1) is 12.8. The van der Waals surface area contributed by atoms with Crippen molar-refractivity contribution in [3.05, 3.63) is 71.7 Å². The third kappa shape index (κ3) is 3.17. The molecule has 0 saturated heterocycles. The summed E-state index contributed by atoms with van der Waals surface area (Å²) >= 11 is 0. The molecule has 1 aromatic carbocycles. The molecule has 0 radical (unpaired) electrons. The molecule has 2 aliphatic heterocycles. The lowest BCUT2D eigenvalue weighted by molar-refractivity contribution is -0.138. The zero-order chi connectivity index (χ0) is 17.9. The predicted octanol–water partition coefficient (Wildman–Crippen LogP) is 3.31. The average Bonchev–Trinajstić information content (AvgIpc) is 2.93. The molecular weight excluding hydrogens is 326 g/mol. The van der Waals surface area contributed by atoms with Crippen molar-refractivity contribution in [1.29, 1.82) is 0 Å². The topological polar surface area (TPSA) is 54.5 Å². The van der Waals surface area contributed by atoms with Gasteiger partial charge in [-0.2, -0.15) is 0 Å². The van der Waals surface area contributed by atoms with Crippen LogP contribution in [0.25, 0.3) is 0 Å². The zero-order valence-electron chi connectivity index (χ0n) is 14.9. The Bertz CT molecular complexity index is 819. The van der Waals surface area contributed by atoms with Crippen molar-refractivity contribution in [2.75, 3.05) is 18.5 Å². The Morgan fingerprint density at radius 3 is 2.92 bits per heavy atom. The van der Waals surface area contributed by atoms with Gasteiger partial charge >= 0.3 is 5.97 Å². The van der Waals surface area contributed by atoms with Crippen molar-refractivity contribution in [2.24, 2.45) is 0 Å². The first-order valence-electron chi connectivity index (χ1n) is 9.14. The smallest absolute Gasteiger partial charge is 0.337 e. The highest BCUT2D eigenvalue weighted by molar-refractivity contribution is 5.91. The zero-order valence-corrected chi connectivity index (χ0v) is 14.9. The summed E-state index contributed by atoms with van der Waals surface area (Å²) in [7, 11) is 0. The number of carbonyl (C=O) groups is 1. The molecule has 5 heteroatoms. The van der Waals surface area contributed by atoms with Crippen LogP contribution in [-0.4, -0.2) is 35.0 Å². The number of pyridine rings is 1. The number of nitrogens with one attached hydrogen (secondary N) is 1. The largest absolute Gasteiger partial charge is 0.463 e. The highest BCUT2D eigenvalue weighted by Crippen LogP contribution is 2.42. The number of aromatic nitrogens is 1. The normalized spacial score (nSPS) is 21.1. The second-order valence-electron chi connectivity index (χ2n) is 6.70. The Labute approximate surface area is 153 Å². The Balaban J connectivity index is 1.65. The van der Waals surface area contributed by atoms with Crippen molar-refractivity contribution in [2.45, 2.75) is 31.8 Å². The van der Waals surface area contributed by atoms with Gasteiger partial charge in [-0.25, -0.2) is 4.79 Å². The fourth-order valence-corrected chi connectivity index (χ4v) is 3.88. The number of para-hydroxylation sites is 1. The van der Waals surface area contributed by atoms with Crippen LogP contribution in [0, 0.1) is 0 Å². The van der Waals surface area contributed by atoms with Gasteiger partial charge in [0, 0.05) is 30.5 Å². The van der Waals surface area contributed by atoms with Crippen LogP contribution in [0.5, 0.6) is 0 Å². The molecule has 0 amide bonds. The van der Waals surface area contributed by atoms with Crippen LogP contribution in [0.15, 0.2) is 60.4 Å². The van der Waals surface area contributed by atoms with Crippen molar-refractivity contribution >= 4 is 11.7 Å². The number of hydrogen-bond acceptors (Lipinski definition) is 5. The molecule has 2 aromatic rings. The number of benzene rings is 1. The van der Waals surface area contributed by atoms with Crippen molar-refractivity contribution < 1.29 is 9.53 Å². The Hall–Kier alpha value is -2.82. The molecule has 2 atom stereocenters. The number of ether oxygens (including phenoxy) is 1. The Kier molecular flexibility index (Phi) is 4.61. The number of anilines is 1. The van der Waals surface area contributed by atoms with Gasteiger partial charge in [-0.05, 0) is 37.1 Å². The highest BCUT2D eigenvalue weighted by atomic mass is 16.5. The van der Waals surface area contributed by atoms with Crippen molar-refractivity contribution in [3.8, 4) is 0 Å². The van der Waals surface area contributed by atoms with E-state index in [9.17, 15) is 4.79 Å². The monoisotopic (exact) mass is 349 g/mol. The molecule has 0 bridgehead atoms. The lowest BCUT2D eigenvalue weighted by Gasteiger charge is -2.20. The Morgan fingerprint density at radius 1 is 1.27 bits per heavy atom. The maximum atomic E-state index is 12.7. The van der Waals surface area contributed by atoms with Crippen LogP contribution in [0.2, 0.25) is 0 Å². The minimum atomic E-state index is -0.240. The fourth-order valence-electron chi connectivity index (χ4n) is 3.88. The molecule has 3 heterocycles. The number of hydrogen-bond donors (Lipinski definition) is 1. The second kappa shape index (κ2) is 7.20. The molecule has 4 rings (SSSR count). The molecule has 2 unspecified atom stereocenters. The lowest BCUT2D eigenvalue weighted by atomic mass is 9.89. The van der Waals surface area contributed by atoms with Gasteiger partial charge in [0.1, 0.15) is 0 Å². The SMILES string of the molecule is CCOC(=O)C1=CN(Cc2ccccn2)CCC2c3ccccc3NC12. The van der Waals surface area contributed by atoms with Crippen LogP contribution in [0.3, 0.4) is 0 Å². The standard InChI is InChI=1S/C21H23N3O2/c1-2-26-21(25)18-14-24(13-15-7-5-6-11-22-15)12-10-17-16-8-3-4-9-19(16)23-20(17)18/h3-9,11,14,17,20,23H,2,10,12-13H2,1H3. The number of nitrogens with zero attached hydrogens (tertiary/aromatic N) is 2. The molecule has 0 fully saturated rings. The molecule has 134 valence electrons. The summed E-state index contributed by atoms with van der Waals surface area (Å²) in [5, 5.41) is 3.54. The minimum absolute atomic E-state index is 0.0415. The third-order valence-corrected chi connectivity index (χ3v) is 5.06. The van der Waals surface area contributed by atoms with Crippen LogP contribution >= 0.6 is 0 Å². The summed E-state index contributed by atoms with van der Waals surface area (Å²) in [6.07, 6.45) is 4.74. The summed E-state index contributed by atoms with van der Waals surface area (Å²) in [4.78, 5) is 19.3. The highest BCUT2D eigenvalue weighted by Gasteiger charge is 2.39. The number of fused-ring (bicyclic) bond motifs is 3. The molecule has 5 nitrogen and oxygen atoms in total. The van der Waals surface area contributed by atoms with E-state index in [1.54, 1.807) is 6.20 Å². The van der Waals surface area contributed by atoms with Gasteiger partial charge < -0.3 is 15.0 Å².